The van der Waals surface area contributed by atoms with Crippen molar-refractivity contribution in [1.82, 2.24) is 9.97 Å². The highest BCUT2D eigenvalue weighted by Crippen LogP contribution is 2.38. The van der Waals surface area contributed by atoms with E-state index < -0.39 is 0 Å². The van der Waals surface area contributed by atoms with Gasteiger partial charge in [0.25, 0.3) is 0 Å². The SMILES string of the molecule is COc1ccc(-c2csc3ncnc(OCc4ccc(C(C)(C)C)cc4)c23)cc1. The van der Waals surface area contributed by atoms with Crippen molar-refractivity contribution in [3.63, 3.8) is 0 Å². The summed E-state index contributed by atoms with van der Waals surface area (Å²) in [5.41, 5.74) is 4.73. The van der Waals surface area contributed by atoms with Gasteiger partial charge in [-0.15, -0.1) is 11.3 Å². The van der Waals surface area contributed by atoms with Crippen LogP contribution in [0.5, 0.6) is 11.6 Å². The zero-order valence-corrected chi connectivity index (χ0v) is 17.9. The molecule has 0 amide bonds. The van der Waals surface area contributed by atoms with Gasteiger partial charge in [-0.05, 0) is 34.2 Å². The van der Waals surface area contributed by atoms with Gasteiger partial charge >= 0.3 is 0 Å². The number of thiophene rings is 1. The molecule has 0 unspecified atom stereocenters. The van der Waals surface area contributed by atoms with E-state index in [2.05, 4.69) is 60.4 Å². The summed E-state index contributed by atoms with van der Waals surface area (Å²) in [4.78, 5) is 9.76. The van der Waals surface area contributed by atoms with Gasteiger partial charge in [-0.2, -0.15) is 0 Å². The first-order chi connectivity index (χ1) is 14.0. The minimum atomic E-state index is 0.141. The second kappa shape index (κ2) is 7.84. The van der Waals surface area contributed by atoms with Gasteiger partial charge in [0, 0.05) is 10.9 Å². The van der Waals surface area contributed by atoms with Crippen molar-refractivity contribution < 1.29 is 9.47 Å². The third kappa shape index (κ3) is 4.10. The van der Waals surface area contributed by atoms with E-state index in [9.17, 15) is 0 Å². The number of ether oxygens (including phenoxy) is 2. The Hall–Kier alpha value is -2.92. The molecule has 0 radical (unpaired) electrons. The second-order valence-corrected chi connectivity index (χ2v) is 8.83. The van der Waals surface area contributed by atoms with Crippen LogP contribution >= 0.6 is 11.3 Å². The molecular weight excluding hydrogens is 380 g/mol. The zero-order chi connectivity index (χ0) is 20.4. The molecule has 0 fully saturated rings. The van der Waals surface area contributed by atoms with Crippen molar-refractivity contribution >= 4 is 21.6 Å². The molecule has 148 valence electrons. The van der Waals surface area contributed by atoms with Gasteiger partial charge in [-0.25, -0.2) is 9.97 Å². The smallest absolute Gasteiger partial charge is 0.226 e. The fraction of sp³-hybridized carbons (Fsp3) is 0.250. The molecule has 2 aromatic heterocycles. The quantitative estimate of drug-likeness (QED) is 0.395. The summed E-state index contributed by atoms with van der Waals surface area (Å²) in [6.07, 6.45) is 1.56. The van der Waals surface area contributed by atoms with Crippen molar-refractivity contribution in [3.05, 3.63) is 71.4 Å². The molecule has 29 heavy (non-hydrogen) atoms. The van der Waals surface area contributed by atoms with E-state index in [1.165, 1.54) is 5.56 Å². The number of hydrogen-bond donors (Lipinski definition) is 0. The summed E-state index contributed by atoms with van der Waals surface area (Å²) in [6, 6.07) is 16.6. The van der Waals surface area contributed by atoms with Crippen LogP contribution in [0.15, 0.2) is 60.2 Å². The first-order valence-corrected chi connectivity index (χ1v) is 10.4. The molecule has 0 atom stereocenters. The van der Waals surface area contributed by atoms with Crippen molar-refractivity contribution in [2.75, 3.05) is 7.11 Å². The maximum atomic E-state index is 6.13. The Kier molecular flexibility index (Phi) is 5.24. The van der Waals surface area contributed by atoms with Crippen LogP contribution in [0.3, 0.4) is 0 Å². The summed E-state index contributed by atoms with van der Waals surface area (Å²) in [5, 5.41) is 3.06. The van der Waals surface area contributed by atoms with E-state index in [0.29, 0.717) is 12.5 Å². The summed E-state index contributed by atoms with van der Waals surface area (Å²) in [5.74, 6) is 1.45. The molecule has 5 heteroatoms. The van der Waals surface area contributed by atoms with E-state index in [-0.39, 0.29) is 5.41 Å². The molecule has 0 bridgehead atoms. The molecule has 0 N–H and O–H groups in total. The Balaban J connectivity index is 1.61. The van der Waals surface area contributed by atoms with E-state index in [1.54, 1.807) is 24.8 Å². The lowest BCUT2D eigenvalue weighted by atomic mass is 9.87. The van der Waals surface area contributed by atoms with Crippen molar-refractivity contribution in [1.29, 1.82) is 0 Å². The minimum absolute atomic E-state index is 0.141. The average Bonchev–Trinajstić information content (AvgIpc) is 3.17. The molecule has 0 saturated heterocycles. The lowest BCUT2D eigenvalue weighted by Crippen LogP contribution is -2.10. The highest BCUT2D eigenvalue weighted by Gasteiger charge is 2.15. The Morgan fingerprint density at radius 1 is 0.931 bits per heavy atom. The standard InChI is InChI=1S/C24H24N2O2S/c1-24(2,3)18-9-5-16(6-10-18)13-28-22-21-20(14-29-23(21)26-15-25-22)17-7-11-19(27-4)12-8-17/h5-12,14-15H,13H2,1-4H3. The first-order valence-electron chi connectivity index (χ1n) is 9.54. The van der Waals surface area contributed by atoms with Crippen LogP contribution in [0.25, 0.3) is 21.3 Å². The van der Waals surface area contributed by atoms with Gasteiger partial charge in [0.2, 0.25) is 5.88 Å². The van der Waals surface area contributed by atoms with E-state index in [0.717, 1.165) is 32.7 Å². The molecule has 4 nitrogen and oxygen atoms in total. The Morgan fingerprint density at radius 2 is 1.66 bits per heavy atom. The molecule has 0 aliphatic carbocycles. The molecular formula is C24H24N2O2S. The molecule has 2 heterocycles. The Bertz CT molecular complexity index is 1110. The maximum absolute atomic E-state index is 6.13. The van der Waals surface area contributed by atoms with Gasteiger partial charge in [-0.3, -0.25) is 0 Å². The second-order valence-electron chi connectivity index (χ2n) is 7.97. The number of benzene rings is 2. The van der Waals surface area contributed by atoms with Gasteiger partial charge in [-0.1, -0.05) is 57.2 Å². The predicted octanol–water partition coefficient (Wildman–Crippen LogP) is 6.24. The lowest BCUT2D eigenvalue weighted by molar-refractivity contribution is 0.297. The number of aromatic nitrogens is 2. The zero-order valence-electron chi connectivity index (χ0n) is 17.1. The third-order valence-electron chi connectivity index (χ3n) is 4.93. The monoisotopic (exact) mass is 404 g/mol. The number of methoxy groups -OCH3 is 1. The topological polar surface area (TPSA) is 44.2 Å². The van der Waals surface area contributed by atoms with Crippen molar-refractivity contribution in [3.8, 4) is 22.8 Å². The van der Waals surface area contributed by atoms with E-state index >= 15 is 0 Å². The number of nitrogens with zero attached hydrogens (tertiary/aromatic N) is 2. The van der Waals surface area contributed by atoms with Crippen LogP contribution in [-0.4, -0.2) is 17.1 Å². The molecule has 4 rings (SSSR count). The highest BCUT2D eigenvalue weighted by atomic mass is 32.1. The van der Waals surface area contributed by atoms with Crippen molar-refractivity contribution in [2.24, 2.45) is 0 Å². The molecule has 4 aromatic rings. The molecule has 0 spiro atoms. The molecule has 2 aromatic carbocycles. The van der Waals surface area contributed by atoms with E-state index in [4.69, 9.17) is 9.47 Å². The summed E-state index contributed by atoms with van der Waals surface area (Å²) in [7, 11) is 1.67. The average molecular weight is 405 g/mol. The summed E-state index contributed by atoms with van der Waals surface area (Å²) < 4.78 is 11.4. The predicted molar refractivity (Wildman–Crippen MR) is 119 cm³/mol. The largest absolute Gasteiger partial charge is 0.497 e. The normalized spacial score (nSPS) is 11.6. The van der Waals surface area contributed by atoms with Gasteiger partial charge < -0.3 is 9.47 Å². The van der Waals surface area contributed by atoms with E-state index in [1.807, 2.05) is 24.3 Å². The Morgan fingerprint density at radius 3 is 2.31 bits per heavy atom. The van der Waals surface area contributed by atoms with Gasteiger partial charge in [0.05, 0.1) is 12.5 Å². The van der Waals surface area contributed by atoms with Crippen molar-refractivity contribution in [2.45, 2.75) is 32.8 Å². The third-order valence-corrected chi connectivity index (χ3v) is 5.82. The van der Waals surface area contributed by atoms with Gasteiger partial charge in [0.15, 0.2) is 0 Å². The molecule has 0 aliphatic heterocycles. The summed E-state index contributed by atoms with van der Waals surface area (Å²) in [6.45, 7) is 7.11. The van der Waals surface area contributed by atoms with Gasteiger partial charge in [0.1, 0.15) is 23.5 Å². The number of fused-ring (bicyclic) bond motifs is 1. The fourth-order valence-corrected chi connectivity index (χ4v) is 4.10. The van der Waals surface area contributed by atoms with Crippen LogP contribution in [0.1, 0.15) is 31.9 Å². The summed E-state index contributed by atoms with van der Waals surface area (Å²) >= 11 is 1.60. The molecule has 0 saturated carbocycles. The van der Waals surface area contributed by atoms with Crippen LogP contribution in [-0.2, 0) is 12.0 Å². The lowest BCUT2D eigenvalue weighted by Gasteiger charge is -2.19. The molecule has 0 aliphatic rings. The number of rotatable bonds is 5. The Labute approximate surface area is 175 Å². The van der Waals surface area contributed by atoms with Crippen LogP contribution in [0, 0.1) is 0 Å². The maximum Gasteiger partial charge on any atom is 0.226 e. The van der Waals surface area contributed by atoms with Crippen LogP contribution in [0.2, 0.25) is 0 Å². The van der Waals surface area contributed by atoms with Crippen LogP contribution in [0.4, 0.5) is 0 Å². The highest BCUT2D eigenvalue weighted by molar-refractivity contribution is 7.17. The minimum Gasteiger partial charge on any atom is -0.497 e. The fourth-order valence-electron chi connectivity index (χ4n) is 3.19. The number of hydrogen-bond acceptors (Lipinski definition) is 5. The first kappa shape index (κ1) is 19.4. The van der Waals surface area contributed by atoms with Crippen LogP contribution < -0.4 is 9.47 Å².